The Bertz CT molecular complexity index is 162. The molecular formula is C12H26N2. The van der Waals surface area contributed by atoms with E-state index in [0.29, 0.717) is 6.04 Å². The highest BCUT2D eigenvalue weighted by atomic mass is 15.1. The summed E-state index contributed by atoms with van der Waals surface area (Å²) in [7, 11) is 2.21. The lowest BCUT2D eigenvalue weighted by Gasteiger charge is -2.38. The molecule has 1 unspecified atom stereocenters. The lowest BCUT2D eigenvalue weighted by atomic mass is 9.82. The molecule has 1 fully saturated rings. The Morgan fingerprint density at radius 3 is 2.36 bits per heavy atom. The van der Waals surface area contributed by atoms with Crippen LogP contribution >= 0.6 is 0 Å². The van der Waals surface area contributed by atoms with Gasteiger partial charge in [0.15, 0.2) is 0 Å². The number of hydrogen-bond donors (Lipinski definition) is 1. The molecule has 2 heteroatoms. The van der Waals surface area contributed by atoms with Crippen molar-refractivity contribution in [2.24, 2.45) is 5.73 Å². The van der Waals surface area contributed by atoms with Gasteiger partial charge in [-0.1, -0.05) is 26.2 Å². The van der Waals surface area contributed by atoms with E-state index < -0.39 is 0 Å². The van der Waals surface area contributed by atoms with E-state index in [-0.39, 0.29) is 5.54 Å². The molecule has 84 valence electrons. The number of hydrogen-bond acceptors (Lipinski definition) is 2. The third kappa shape index (κ3) is 3.25. The van der Waals surface area contributed by atoms with Crippen LogP contribution in [0.3, 0.4) is 0 Å². The Balaban J connectivity index is 2.40. The predicted octanol–water partition coefficient (Wildman–Crippen LogP) is 2.38. The van der Waals surface area contributed by atoms with Crippen molar-refractivity contribution < 1.29 is 0 Å². The average Bonchev–Trinajstić information content (AvgIpc) is 2.17. The van der Waals surface area contributed by atoms with Crippen molar-refractivity contribution in [1.29, 1.82) is 0 Å². The zero-order chi connectivity index (χ0) is 10.6. The van der Waals surface area contributed by atoms with Crippen molar-refractivity contribution >= 4 is 0 Å². The fourth-order valence-electron chi connectivity index (χ4n) is 2.38. The highest BCUT2D eigenvalue weighted by Gasteiger charge is 2.29. The molecule has 1 atom stereocenters. The summed E-state index contributed by atoms with van der Waals surface area (Å²) in [4.78, 5) is 2.42. The molecule has 1 aliphatic carbocycles. The normalized spacial score (nSPS) is 23.8. The van der Waals surface area contributed by atoms with E-state index in [1.807, 2.05) is 0 Å². The number of rotatable bonds is 4. The summed E-state index contributed by atoms with van der Waals surface area (Å²) in [5.41, 5.74) is 6.52. The minimum Gasteiger partial charge on any atom is -0.324 e. The zero-order valence-electron chi connectivity index (χ0n) is 10.1. The summed E-state index contributed by atoms with van der Waals surface area (Å²) >= 11 is 0. The molecule has 14 heavy (non-hydrogen) atoms. The van der Waals surface area contributed by atoms with E-state index >= 15 is 0 Å². The van der Waals surface area contributed by atoms with Gasteiger partial charge in [0.1, 0.15) is 0 Å². The van der Waals surface area contributed by atoms with Crippen LogP contribution in [0, 0.1) is 0 Å². The van der Waals surface area contributed by atoms with Crippen LogP contribution in [0.15, 0.2) is 0 Å². The summed E-state index contributed by atoms with van der Waals surface area (Å²) in [6, 6.07) is 0.664. The molecule has 0 spiro atoms. The Hall–Kier alpha value is -0.0800. The van der Waals surface area contributed by atoms with E-state index in [1.165, 1.54) is 38.5 Å². The van der Waals surface area contributed by atoms with E-state index in [4.69, 9.17) is 5.73 Å². The molecule has 0 amide bonds. The first-order valence-corrected chi connectivity index (χ1v) is 6.06. The van der Waals surface area contributed by atoms with Crippen molar-refractivity contribution in [3.8, 4) is 0 Å². The first-order chi connectivity index (χ1) is 6.57. The molecule has 0 aromatic heterocycles. The quantitative estimate of drug-likeness (QED) is 0.751. The maximum atomic E-state index is 6.41. The molecule has 0 radical (unpaired) electrons. The largest absolute Gasteiger partial charge is 0.324 e. The molecule has 0 heterocycles. The molecule has 1 saturated carbocycles. The van der Waals surface area contributed by atoms with Gasteiger partial charge in [-0.05, 0) is 33.2 Å². The number of likely N-dealkylation sites (N-methyl/N-ethyl adjacent to an activating group) is 1. The van der Waals surface area contributed by atoms with Gasteiger partial charge in [0.05, 0.1) is 0 Å². The highest BCUT2D eigenvalue weighted by molar-refractivity contribution is 4.90. The van der Waals surface area contributed by atoms with Gasteiger partial charge in [-0.25, -0.2) is 0 Å². The van der Waals surface area contributed by atoms with E-state index in [2.05, 4.69) is 25.8 Å². The van der Waals surface area contributed by atoms with Crippen LogP contribution in [0.5, 0.6) is 0 Å². The molecule has 0 aromatic carbocycles. The molecule has 1 rings (SSSR count). The van der Waals surface area contributed by atoms with Gasteiger partial charge in [0, 0.05) is 18.1 Å². The Labute approximate surface area is 88.8 Å². The van der Waals surface area contributed by atoms with Crippen molar-refractivity contribution in [3.05, 3.63) is 0 Å². The van der Waals surface area contributed by atoms with Crippen molar-refractivity contribution in [2.75, 3.05) is 13.6 Å². The second-order valence-electron chi connectivity index (χ2n) is 5.10. The monoisotopic (exact) mass is 198 g/mol. The van der Waals surface area contributed by atoms with Gasteiger partial charge in [-0.15, -0.1) is 0 Å². The fourth-order valence-corrected chi connectivity index (χ4v) is 2.38. The summed E-state index contributed by atoms with van der Waals surface area (Å²) in [5, 5.41) is 0. The molecule has 1 aliphatic rings. The standard InChI is InChI=1S/C12H26N2/c1-4-11(2)14(3)10-12(13)8-6-5-7-9-12/h11H,4-10,13H2,1-3H3. The Kier molecular flexibility index (Phi) is 4.39. The lowest BCUT2D eigenvalue weighted by molar-refractivity contribution is 0.162. The van der Waals surface area contributed by atoms with E-state index in [1.54, 1.807) is 0 Å². The molecule has 0 aliphatic heterocycles. The maximum absolute atomic E-state index is 6.41. The molecular weight excluding hydrogens is 172 g/mol. The van der Waals surface area contributed by atoms with Crippen molar-refractivity contribution in [2.45, 2.75) is 64.0 Å². The third-order valence-corrected chi connectivity index (χ3v) is 3.76. The molecule has 2 N–H and O–H groups in total. The predicted molar refractivity (Wildman–Crippen MR) is 62.4 cm³/mol. The molecule has 0 saturated heterocycles. The molecule has 2 nitrogen and oxygen atoms in total. The van der Waals surface area contributed by atoms with Gasteiger partial charge in [0.25, 0.3) is 0 Å². The van der Waals surface area contributed by atoms with Gasteiger partial charge < -0.3 is 10.6 Å². The van der Waals surface area contributed by atoms with Gasteiger partial charge in [-0.3, -0.25) is 0 Å². The first-order valence-electron chi connectivity index (χ1n) is 6.06. The van der Waals surface area contributed by atoms with E-state index in [0.717, 1.165) is 6.54 Å². The van der Waals surface area contributed by atoms with Crippen LogP contribution < -0.4 is 5.73 Å². The second kappa shape index (κ2) is 5.13. The number of nitrogens with two attached hydrogens (primary N) is 1. The smallest absolute Gasteiger partial charge is 0.0283 e. The van der Waals surface area contributed by atoms with Crippen LogP contribution in [0.2, 0.25) is 0 Å². The average molecular weight is 198 g/mol. The minimum absolute atomic E-state index is 0.108. The van der Waals surface area contributed by atoms with Crippen LogP contribution in [0.4, 0.5) is 0 Å². The minimum atomic E-state index is 0.108. The SMILES string of the molecule is CCC(C)N(C)CC1(N)CCCCC1. The van der Waals surface area contributed by atoms with Crippen molar-refractivity contribution in [3.63, 3.8) is 0 Å². The Morgan fingerprint density at radius 1 is 1.29 bits per heavy atom. The van der Waals surface area contributed by atoms with Gasteiger partial charge in [0.2, 0.25) is 0 Å². The van der Waals surface area contributed by atoms with Crippen LogP contribution in [0.1, 0.15) is 52.4 Å². The topological polar surface area (TPSA) is 29.3 Å². The molecule has 0 bridgehead atoms. The van der Waals surface area contributed by atoms with Gasteiger partial charge in [-0.2, -0.15) is 0 Å². The summed E-state index contributed by atoms with van der Waals surface area (Å²) in [6.45, 7) is 5.60. The maximum Gasteiger partial charge on any atom is 0.0283 e. The van der Waals surface area contributed by atoms with Crippen molar-refractivity contribution in [1.82, 2.24) is 4.90 Å². The second-order valence-corrected chi connectivity index (χ2v) is 5.10. The summed E-state index contributed by atoms with van der Waals surface area (Å²) < 4.78 is 0. The lowest BCUT2D eigenvalue weighted by Crippen LogP contribution is -2.52. The highest BCUT2D eigenvalue weighted by Crippen LogP contribution is 2.26. The first kappa shape index (κ1) is 12.0. The van der Waals surface area contributed by atoms with Crippen LogP contribution in [-0.4, -0.2) is 30.1 Å². The fraction of sp³-hybridized carbons (Fsp3) is 1.00. The van der Waals surface area contributed by atoms with Crippen LogP contribution in [-0.2, 0) is 0 Å². The van der Waals surface area contributed by atoms with Crippen LogP contribution in [0.25, 0.3) is 0 Å². The number of nitrogens with zero attached hydrogens (tertiary/aromatic N) is 1. The summed E-state index contributed by atoms with van der Waals surface area (Å²) in [6.07, 6.45) is 7.68. The summed E-state index contributed by atoms with van der Waals surface area (Å²) in [5.74, 6) is 0. The molecule has 0 aromatic rings. The Morgan fingerprint density at radius 2 is 1.86 bits per heavy atom. The zero-order valence-corrected chi connectivity index (χ0v) is 10.1. The third-order valence-electron chi connectivity index (χ3n) is 3.76. The van der Waals surface area contributed by atoms with Gasteiger partial charge >= 0.3 is 0 Å². The van der Waals surface area contributed by atoms with E-state index in [9.17, 15) is 0 Å².